The van der Waals surface area contributed by atoms with Crippen LogP contribution in [0.1, 0.15) is 42.1 Å². The van der Waals surface area contributed by atoms with Crippen LogP contribution in [0.2, 0.25) is 0 Å². The van der Waals surface area contributed by atoms with E-state index in [4.69, 9.17) is 16.6 Å². The SMILES string of the molecule is CC[C@@H](C)c1ccc2oc(-c3cccc(NC(=S)NC(=O)c4ccc([N+](=O)[O-])cc4)c3)nc2c1. The third-order valence-corrected chi connectivity index (χ3v) is 5.73. The Kier molecular flexibility index (Phi) is 6.65. The van der Waals surface area contributed by atoms with Gasteiger partial charge in [0.2, 0.25) is 5.89 Å². The second-order valence-electron chi connectivity index (χ2n) is 7.85. The third kappa shape index (κ3) is 5.10. The summed E-state index contributed by atoms with van der Waals surface area (Å²) < 4.78 is 5.94. The van der Waals surface area contributed by atoms with Crippen molar-refractivity contribution in [2.45, 2.75) is 26.2 Å². The lowest BCUT2D eigenvalue weighted by Gasteiger charge is -2.10. The molecule has 3 aromatic carbocycles. The molecule has 34 heavy (non-hydrogen) atoms. The van der Waals surface area contributed by atoms with Crippen molar-refractivity contribution < 1.29 is 14.1 Å². The van der Waals surface area contributed by atoms with E-state index in [0.29, 0.717) is 23.1 Å². The second-order valence-corrected chi connectivity index (χ2v) is 8.26. The normalized spacial score (nSPS) is 11.7. The Balaban J connectivity index is 1.46. The molecule has 1 amide bonds. The van der Waals surface area contributed by atoms with E-state index in [0.717, 1.165) is 17.5 Å². The number of aromatic nitrogens is 1. The molecule has 4 aromatic rings. The molecule has 0 aliphatic carbocycles. The molecule has 1 atom stereocenters. The molecule has 9 heteroatoms. The average molecular weight is 475 g/mol. The topological polar surface area (TPSA) is 110 Å². The minimum atomic E-state index is -0.525. The van der Waals surface area contributed by atoms with Crippen molar-refractivity contribution in [2.24, 2.45) is 0 Å². The number of fused-ring (bicyclic) bond motifs is 1. The van der Waals surface area contributed by atoms with E-state index in [1.165, 1.54) is 29.8 Å². The van der Waals surface area contributed by atoms with Gasteiger partial charge < -0.3 is 9.73 Å². The lowest BCUT2D eigenvalue weighted by molar-refractivity contribution is -0.384. The molecular formula is C25H22N4O4S. The van der Waals surface area contributed by atoms with Gasteiger partial charge in [-0.2, -0.15) is 0 Å². The molecule has 1 aromatic heterocycles. The summed E-state index contributed by atoms with van der Waals surface area (Å²) in [7, 11) is 0. The van der Waals surface area contributed by atoms with Crippen LogP contribution < -0.4 is 10.6 Å². The predicted molar refractivity (Wildman–Crippen MR) is 135 cm³/mol. The largest absolute Gasteiger partial charge is 0.436 e. The molecule has 0 aliphatic heterocycles. The van der Waals surface area contributed by atoms with E-state index >= 15 is 0 Å². The number of amides is 1. The number of carbonyl (C=O) groups excluding carboxylic acids is 1. The van der Waals surface area contributed by atoms with Gasteiger partial charge in [0.25, 0.3) is 11.6 Å². The van der Waals surface area contributed by atoms with Crippen molar-refractivity contribution in [1.82, 2.24) is 10.3 Å². The van der Waals surface area contributed by atoms with E-state index < -0.39 is 10.8 Å². The van der Waals surface area contributed by atoms with Crippen LogP contribution >= 0.6 is 12.2 Å². The van der Waals surface area contributed by atoms with Gasteiger partial charge in [-0.15, -0.1) is 0 Å². The van der Waals surface area contributed by atoms with Gasteiger partial charge in [-0.05, 0) is 72.6 Å². The summed E-state index contributed by atoms with van der Waals surface area (Å²) in [5.74, 6) is 0.458. The highest BCUT2D eigenvalue weighted by Crippen LogP contribution is 2.29. The van der Waals surface area contributed by atoms with Gasteiger partial charge >= 0.3 is 0 Å². The predicted octanol–water partition coefficient (Wildman–Crippen LogP) is 6.04. The minimum absolute atomic E-state index is 0.0932. The number of benzene rings is 3. The summed E-state index contributed by atoms with van der Waals surface area (Å²) in [6, 6.07) is 18.7. The smallest absolute Gasteiger partial charge is 0.269 e. The first kappa shape index (κ1) is 23.1. The van der Waals surface area contributed by atoms with Gasteiger partial charge in [0.15, 0.2) is 10.7 Å². The van der Waals surface area contributed by atoms with E-state index in [9.17, 15) is 14.9 Å². The molecule has 0 saturated carbocycles. The van der Waals surface area contributed by atoms with Crippen molar-refractivity contribution in [1.29, 1.82) is 0 Å². The fraction of sp³-hybridized carbons (Fsp3) is 0.160. The maximum absolute atomic E-state index is 12.4. The molecule has 0 unspecified atom stereocenters. The van der Waals surface area contributed by atoms with Crippen LogP contribution in [0.15, 0.2) is 71.1 Å². The van der Waals surface area contributed by atoms with Gasteiger partial charge in [-0.25, -0.2) is 4.98 Å². The molecule has 0 bridgehead atoms. The summed E-state index contributed by atoms with van der Waals surface area (Å²) in [6.45, 7) is 4.33. The monoisotopic (exact) mass is 474 g/mol. The van der Waals surface area contributed by atoms with Crippen molar-refractivity contribution in [3.05, 3.63) is 88.0 Å². The molecular weight excluding hydrogens is 452 g/mol. The highest BCUT2D eigenvalue weighted by molar-refractivity contribution is 7.80. The molecule has 0 saturated heterocycles. The number of rotatable bonds is 6. The van der Waals surface area contributed by atoms with E-state index in [2.05, 4.69) is 41.6 Å². The number of hydrogen-bond donors (Lipinski definition) is 2. The summed E-state index contributed by atoms with van der Waals surface area (Å²) in [5.41, 5.74) is 4.31. The van der Waals surface area contributed by atoms with Crippen LogP contribution in [-0.2, 0) is 0 Å². The highest BCUT2D eigenvalue weighted by Gasteiger charge is 2.13. The summed E-state index contributed by atoms with van der Waals surface area (Å²) in [4.78, 5) is 27.3. The first-order chi connectivity index (χ1) is 16.3. The fourth-order valence-electron chi connectivity index (χ4n) is 3.41. The summed E-state index contributed by atoms with van der Waals surface area (Å²) >= 11 is 5.25. The molecule has 4 rings (SSSR count). The average Bonchev–Trinajstić information content (AvgIpc) is 3.27. The quantitative estimate of drug-likeness (QED) is 0.199. The molecule has 8 nitrogen and oxygen atoms in total. The van der Waals surface area contributed by atoms with E-state index in [1.54, 1.807) is 6.07 Å². The van der Waals surface area contributed by atoms with Crippen LogP contribution in [0.5, 0.6) is 0 Å². The number of nitrogens with zero attached hydrogens (tertiary/aromatic N) is 2. The van der Waals surface area contributed by atoms with Crippen LogP contribution in [0.25, 0.3) is 22.6 Å². The lowest BCUT2D eigenvalue weighted by atomic mass is 9.98. The molecule has 0 fully saturated rings. The molecule has 172 valence electrons. The van der Waals surface area contributed by atoms with Crippen LogP contribution in [0.3, 0.4) is 0 Å². The number of nitro benzene ring substituents is 1. The molecule has 1 heterocycles. The van der Waals surface area contributed by atoms with Crippen molar-refractivity contribution in [3.63, 3.8) is 0 Å². The third-order valence-electron chi connectivity index (χ3n) is 5.53. The maximum atomic E-state index is 12.4. The number of carbonyl (C=O) groups is 1. The Hall–Kier alpha value is -4.11. The molecule has 0 aliphatic rings. The van der Waals surface area contributed by atoms with Gasteiger partial charge in [0.05, 0.1) is 4.92 Å². The standard InChI is InChI=1S/C25H22N4O4S/c1-3-15(2)17-9-12-22-21(14-17)27-24(33-22)18-5-4-6-19(13-18)26-25(34)28-23(30)16-7-10-20(11-8-16)29(31)32/h4-15H,3H2,1-2H3,(H2,26,28,30,34)/t15-/m1/s1. The fourth-order valence-corrected chi connectivity index (χ4v) is 3.62. The Labute approximate surface area is 201 Å². The summed E-state index contributed by atoms with van der Waals surface area (Å²) in [5, 5.41) is 16.4. The van der Waals surface area contributed by atoms with E-state index in [1.807, 2.05) is 24.3 Å². The number of anilines is 1. The van der Waals surface area contributed by atoms with Crippen molar-refractivity contribution in [3.8, 4) is 11.5 Å². The zero-order valence-corrected chi connectivity index (χ0v) is 19.4. The van der Waals surface area contributed by atoms with Gasteiger partial charge in [-0.3, -0.25) is 20.2 Å². The maximum Gasteiger partial charge on any atom is 0.269 e. The zero-order valence-electron chi connectivity index (χ0n) is 18.6. The summed E-state index contributed by atoms with van der Waals surface area (Å²) in [6.07, 6.45) is 1.05. The van der Waals surface area contributed by atoms with Gasteiger partial charge in [0, 0.05) is 28.9 Å². The lowest BCUT2D eigenvalue weighted by Crippen LogP contribution is -2.34. The number of thiocarbonyl (C=S) groups is 1. The van der Waals surface area contributed by atoms with Gasteiger partial charge in [0.1, 0.15) is 5.52 Å². The Bertz CT molecular complexity index is 1380. The van der Waals surface area contributed by atoms with Crippen LogP contribution in [0, 0.1) is 10.1 Å². The zero-order chi connectivity index (χ0) is 24.2. The van der Waals surface area contributed by atoms with Crippen molar-refractivity contribution >= 4 is 45.7 Å². The Morgan fingerprint density at radius 3 is 2.62 bits per heavy atom. The highest BCUT2D eigenvalue weighted by atomic mass is 32.1. The number of hydrogen-bond acceptors (Lipinski definition) is 6. The number of nitro groups is 1. The first-order valence-corrected chi connectivity index (χ1v) is 11.1. The second kappa shape index (κ2) is 9.80. The van der Waals surface area contributed by atoms with Crippen LogP contribution in [0.4, 0.5) is 11.4 Å². The van der Waals surface area contributed by atoms with Gasteiger partial charge in [-0.1, -0.05) is 26.0 Å². The van der Waals surface area contributed by atoms with Crippen molar-refractivity contribution in [2.75, 3.05) is 5.32 Å². The van der Waals surface area contributed by atoms with Crippen LogP contribution in [-0.4, -0.2) is 20.9 Å². The first-order valence-electron chi connectivity index (χ1n) is 10.7. The molecule has 0 spiro atoms. The number of nitrogens with one attached hydrogen (secondary N) is 2. The number of oxazole rings is 1. The molecule has 0 radical (unpaired) electrons. The Morgan fingerprint density at radius 1 is 1.15 bits per heavy atom. The Morgan fingerprint density at radius 2 is 1.91 bits per heavy atom. The molecule has 2 N–H and O–H groups in total. The van der Waals surface area contributed by atoms with E-state index in [-0.39, 0.29) is 16.4 Å². The number of non-ortho nitro benzene ring substituents is 1. The minimum Gasteiger partial charge on any atom is -0.436 e.